The van der Waals surface area contributed by atoms with Gasteiger partial charge in [-0.2, -0.15) is 9.55 Å². The highest BCUT2D eigenvalue weighted by atomic mass is 16.7. The van der Waals surface area contributed by atoms with Gasteiger partial charge in [0.1, 0.15) is 36.6 Å². The van der Waals surface area contributed by atoms with Gasteiger partial charge in [0, 0.05) is 0 Å². The molecule has 8 atom stereocenters. The number of ether oxygens (including phenoxy) is 1. The van der Waals surface area contributed by atoms with Crippen LogP contribution in [0.25, 0.3) is 22.6 Å². The summed E-state index contributed by atoms with van der Waals surface area (Å²) in [5, 5.41) is 90.9. The number of nitrogens with zero attached hydrogens (tertiary/aromatic N) is 4. The van der Waals surface area contributed by atoms with Gasteiger partial charge in [0.05, 0.1) is 30.8 Å². The van der Waals surface area contributed by atoms with Crippen LogP contribution in [-0.4, -0.2) is 121 Å². The van der Waals surface area contributed by atoms with E-state index in [4.69, 9.17) is 9.84 Å². The molecule has 1 fully saturated rings. The molecule has 0 bridgehead atoms. The highest BCUT2D eigenvalue weighted by molar-refractivity contribution is 5.81. The summed E-state index contributed by atoms with van der Waals surface area (Å²) in [4.78, 5) is 34.8. The van der Waals surface area contributed by atoms with Gasteiger partial charge in [0.15, 0.2) is 17.6 Å². The maximum atomic E-state index is 13.6. The highest BCUT2D eigenvalue weighted by Crippen LogP contribution is 2.31. The minimum atomic E-state index is -3.27. The zero-order chi connectivity index (χ0) is 29.0. The second-order valence-electron chi connectivity index (χ2n) is 9.59. The van der Waals surface area contributed by atoms with Gasteiger partial charge in [-0.1, -0.05) is 0 Å². The summed E-state index contributed by atoms with van der Waals surface area (Å²) in [5.41, 5.74) is -1.44. The lowest BCUT2D eigenvalue weighted by Gasteiger charge is -2.45. The molecule has 39 heavy (non-hydrogen) atoms. The van der Waals surface area contributed by atoms with Crippen molar-refractivity contribution in [3.8, 4) is 11.5 Å². The number of hydrogen-bond acceptors (Lipinski definition) is 14. The Morgan fingerprint density at radius 1 is 1.00 bits per heavy atom. The third-order valence-corrected chi connectivity index (χ3v) is 6.99. The Kier molecular flexibility index (Phi) is 7.89. The van der Waals surface area contributed by atoms with E-state index in [2.05, 4.69) is 9.97 Å². The Balaban J connectivity index is 2.00. The van der Waals surface area contributed by atoms with Crippen molar-refractivity contribution in [1.82, 2.24) is 19.1 Å². The molecule has 1 aromatic carbocycles. The van der Waals surface area contributed by atoms with E-state index in [1.807, 2.05) is 0 Å². The van der Waals surface area contributed by atoms with Gasteiger partial charge in [-0.25, -0.2) is 9.78 Å². The van der Waals surface area contributed by atoms with Crippen molar-refractivity contribution in [2.45, 2.75) is 69.0 Å². The Morgan fingerprint density at radius 3 is 2.26 bits per heavy atom. The second kappa shape index (κ2) is 10.6. The zero-order valence-electron chi connectivity index (χ0n) is 20.9. The van der Waals surface area contributed by atoms with Crippen LogP contribution in [0.5, 0.6) is 0 Å². The Hall–Kier alpha value is -2.90. The average molecular weight is 555 g/mol. The van der Waals surface area contributed by atoms with Crippen molar-refractivity contribution >= 4 is 11.0 Å². The standard InChI is InChI=1S/C23H30N4O12/c1-8-3-10-11(4-9(8)2)26(5-12(30)16(32)13(31)6-28)20-15(24-10)21(36)27(22(37)25-20)23(38)19(35)18(34)17(33)14(7-29)39-23/h3-4,12-14,16-19,28-35,38H,5-7H2,1-2H3/t12?,13?,14-,16?,17-,18+,19-,23?/m1/s1. The van der Waals surface area contributed by atoms with E-state index in [-0.39, 0.29) is 15.6 Å². The van der Waals surface area contributed by atoms with Crippen molar-refractivity contribution in [3.05, 3.63) is 44.1 Å². The molecule has 4 rings (SSSR count). The van der Waals surface area contributed by atoms with Gasteiger partial charge in [0.2, 0.25) is 0 Å². The van der Waals surface area contributed by atoms with Crippen LogP contribution in [0.3, 0.4) is 0 Å². The van der Waals surface area contributed by atoms with Gasteiger partial charge >= 0.3 is 5.69 Å². The first-order valence-electron chi connectivity index (χ1n) is 11.9. The van der Waals surface area contributed by atoms with E-state index in [0.717, 1.165) is 11.1 Å². The van der Waals surface area contributed by atoms with Gasteiger partial charge < -0.3 is 55.3 Å². The Bertz CT molecular complexity index is 1460. The van der Waals surface area contributed by atoms with Crippen molar-refractivity contribution in [2.75, 3.05) is 13.2 Å². The quantitative estimate of drug-likeness (QED) is 0.124. The second-order valence-corrected chi connectivity index (χ2v) is 9.59. The van der Waals surface area contributed by atoms with Gasteiger partial charge in [0.25, 0.3) is 11.5 Å². The van der Waals surface area contributed by atoms with Crippen LogP contribution in [0, 0.1) is 13.8 Å². The van der Waals surface area contributed by atoms with Crippen molar-refractivity contribution in [3.63, 3.8) is 0 Å². The van der Waals surface area contributed by atoms with E-state index < -0.39 is 91.2 Å². The largest absolute Gasteiger partial charge is 0.394 e. The molecule has 0 amide bonds. The maximum absolute atomic E-state index is 13.6. The number of aliphatic hydroxyl groups is 9. The third-order valence-electron chi connectivity index (χ3n) is 6.99. The monoisotopic (exact) mass is 554 g/mol. The first-order valence-corrected chi connectivity index (χ1v) is 11.9. The molecule has 16 heteroatoms. The lowest BCUT2D eigenvalue weighted by Crippen LogP contribution is -2.69. The molecule has 9 N–H and O–H groups in total. The minimum absolute atomic E-state index is 0.0111. The fraction of sp³-hybridized carbons (Fsp3) is 0.565. The normalized spacial score (nSPS) is 28.1. The van der Waals surface area contributed by atoms with Gasteiger partial charge in [-0.15, -0.1) is 0 Å². The molecule has 1 saturated heterocycles. The molecule has 3 heterocycles. The minimum Gasteiger partial charge on any atom is -0.394 e. The molecule has 0 aliphatic carbocycles. The van der Waals surface area contributed by atoms with Crippen LogP contribution in [0.15, 0.2) is 21.7 Å². The molecule has 1 aromatic rings. The van der Waals surface area contributed by atoms with Crippen LogP contribution in [0.4, 0.5) is 0 Å². The SMILES string of the molecule is Cc1cc2nc3c(=O)n(C4(O)O[C@H](CO)[C@@H](O)[C@H](O)[C@H]4O)c(=O)nc-3n(CC(O)C(O)C(O)CO)c2cc1C. The smallest absolute Gasteiger partial charge is 0.357 e. The molecular formula is C23H30N4O12. The summed E-state index contributed by atoms with van der Waals surface area (Å²) >= 11 is 0. The number of fused-ring (bicyclic) bond motifs is 2. The fourth-order valence-electron chi connectivity index (χ4n) is 4.54. The Morgan fingerprint density at radius 2 is 1.64 bits per heavy atom. The first kappa shape index (κ1) is 29.1. The summed E-state index contributed by atoms with van der Waals surface area (Å²) in [6.07, 6.45) is -13.4. The number of rotatable bonds is 7. The molecule has 0 spiro atoms. The third kappa shape index (κ3) is 4.74. The van der Waals surface area contributed by atoms with Crippen LogP contribution in [0.2, 0.25) is 0 Å². The number of aliphatic hydroxyl groups excluding tert-OH is 8. The highest BCUT2D eigenvalue weighted by Gasteiger charge is 2.56. The van der Waals surface area contributed by atoms with Crippen LogP contribution >= 0.6 is 0 Å². The molecule has 0 saturated carbocycles. The summed E-state index contributed by atoms with van der Waals surface area (Å²) < 4.78 is 6.29. The fourth-order valence-corrected chi connectivity index (χ4v) is 4.54. The predicted molar refractivity (Wildman–Crippen MR) is 129 cm³/mol. The number of benzene rings is 1. The first-order chi connectivity index (χ1) is 18.3. The van der Waals surface area contributed by atoms with E-state index >= 15 is 0 Å². The van der Waals surface area contributed by atoms with Crippen LogP contribution in [-0.2, 0) is 17.2 Å². The van der Waals surface area contributed by atoms with E-state index in [1.54, 1.807) is 26.0 Å². The van der Waals surface area contributed by atoms with Crippen molar-refractivity contribution in [1.29, 1.82) is 0 Å². The van der Waals surface area contributed by atoms with Gasteiger partial charge in [-0.3, -0.25) is 4.79 Å². The Labute approximate surface area is 219 Å². The van der Waals surface area contributed by atoms with Gasteiger partial charge in [-0.05, 0) is 37.1 Å². The predicted octanol–water partition coefficient (Wildman–Crippen LogP) is -5.17. The van der Waals surface area contributed by atoms with E-state index in [1.165, 1.54) is 4.57 Å². The molecule has 0 aromatic heterocycles. The topological polar surface area (TPSA) is 261 Å². The zero-order valence-corrected chi connectivity index (χ0v) is 20.9. The molecule has 214 valence electrons. The summed E-state index contributed by atoms with van der Waals surface area (Å²) in [7, 11) is 0. The number of aryl methyl sites for hydroxylation is 2. The van der Waals surface area contributed by atoms with Crippen LogP contribution < -0.4 is 11.2 Å². The summed E-state index contributed by atoms with van der Waals surface area (Å²) in [6, 6.07) is 3.21. The summed E-state index contributed by atoms with van der Waals surface area (Å²) in [6.45, 7) is 1.17. The van der Waals surface area contributed by atoms with E-state index in [0.29, 0.717) is 0 Å². The molecule has 3 aliphatic rings. The number of hydrogen-bond donors (Lipinski definition) is 9. The molecule has 16 nitrogen and oxygen atoms in total. The molecule has 3 aliphatic heterocycles. The number of aromatic nitrogens is 4. The summed E-state index contributed by atoms with van der Waals surface area (Å²) in [5.74, 6) is -3.68. The molecule has 4 unspecified atom stereocenters. The average Bonchev–Trinajstić information content (AvgIpc) is 2.90. The maximum Gasteiger partial charge on any atom is 0.357 e. The van der Waals surface area contributed by atoms with Crippen molar-refractivity contribution in [2.24, 2.45) is 0 Å². The van der Waals surface area contributed by atoms with Crippen molar-refractivity contribution < 1.29 is 50.7 Å². The van der Waals surface area contributed by atoms with E-state index in [9.17, 15) is 50.4 Å². The lowest BCUT2D eigenvalue weighted by atomic mass is 9.96. The lowest BCUT2D eigenvalue weighted by molar-refractivity contribution is -0.393. The molecular weight excluding hydrogens is 524 g/mol. The molecule has 0 radical (unpaired) electrons. The van der Waals surface area contributed by atoms with Crippen LogP contribution in [0.1, 0.15) is 11.1 Å².